The molecule has 4 heteroatoms. The van der Waals surface area contributed by atoms with Crippen LogP contribution < -0.4 is 10.6 Å². The minimum absolute atomic E-state index is 0.206. The molecule has 1 saturated carbocycles. The number of anilines is 2. The average Bonchev–Trinajstić information content (AvgIpc) is 2.29. The van der Waals surface area contributed by atoms with Gasteiger partial charge in [0.25, 0.3) is 0 Å². The minimum atomic E-state index is 0.206. The van der Waals surface area contributed by atoms with Crippen molar-refractivity contribution >= 4 is 11.6 Å². The molecule has 2 N–H and O–H groups in total. The van der Waals surface area contributed by atoms with Gasteiger partial charge in [-0.15, -0.1) is 0 Å². The van der Waals surface area contributed by atoms with Crippen LogP contribution >= 0.6 is 0 Å². The summed E-state index contributed by atoms with van der Waals surface area (Å²) in [6, 6.07) is 1.96. The van der Waals surface area contributed by atoms with E-state index in [-0.39, 0.29) is 5.54 Å². The summed E-state index contributed by atoms with van der Waals surface area (Å²) in [6.45, 7) is 2.29. The molecule has 0 atom stereocenters. The highest BCUT2D eigenvalue weighted by Crippen LogP contribution is 2.30. The van der Waals surface area contributed by atoms with Crippen molar-refractivity contribution in [3.05, 3.63) is 12.4 Å². The molecule has 2 rings (SSSR count). The number of rotatable bonds is 3. The van der Waals surface area contributed by atoms with Crippen LogP contribution in [0.4, 0.5) is 11.6 Å². The lowest BCUT2D eigenvalue weighted by Crippen LogP contribution is -2.37. The lowest BCUT2D eigenvalue weighted by atomic mass is 9.83. The largest absolute Gasteiger partial charge is 0.373 e. The molecule has 0 unspecified atom stereocenters. The summed E-state index contributed by atoms with van der Waals surface area (Å²) in [5, 5.41) is 6.57. The van der Waals surface area contributed by atoms with Crippen LogP contribution in [0.15, 0.2) is 12.4 Å². The molecule has 1 aliphatic rings. The normalized spacial score (nSPS) is 19.1. The van der Waals surface area contributed by atoms with Gasteiger partial charge in [-0.1, -0.05) is 19.3 Å². The van der Waals surface area contributed by atoms with Gasteiger partial charge < -0.3 is 10.6 Å². The Bertz CT molecular complexity index is 345. The van der Waals surface area contributed by atoms with Crippen LogP contribution in [0.2, 0.25) is 0 Å². The van der Waals surface area contributed by atoms with E-state index in [1.165, 1.54) is 32.1 Å². The molecular weight excluding hydrogens is 200 g/mol. The lowest BCUT2D eigenvalue weighted by Gasteiger charge is -2.35. The predicted octanol–water partition coefficient (Wildman–Crippen LogP) is 2.65. The van der Waals surface area contributed by atoms with E-state index in [2.05, 4.69) is 27.5 Å². The summed E-state index contributed by atoms with van der Waals surface area (Å²) in [6.07, 6.45) is 8.04. The summed E-state index contributed by atoms with van der Waals surface area (Å²) >= 11 is 0. The van der Waals surface area contributed by atoms with E-state index in [1.54, 1.807) is 6.33 Å². The van der Waals surface area contributed by atoms with E-state index in [1.807, 2.05) is 13.1 Å². The van der Waals surface area contributed by atoms with Crippen molar-refractivity contribution in [2.75, 3.05) is 17.7 Å². The van der Waals surface area contributed by atoms with E-state index in [9.17, 15) is 0 Å². The highest BCUT2D eigenvalue weighted by Gasteiger charge is 2.26. The Morgan fingerprint density at radius 2 is 1.81 bits per heavy atom. The van der Waals surface area contributed by atoms with Crippen LogP contribution in [0.3, 0.4) is 0 Å². The lowest BCUT2D eigenvalue weighted by molar-refractivity contribution is 0.348. The Balaban J connectivity index is 2.07. The van der Waals surface area contributed by atoms with Crippen molar-refractivity contribution < 1.29 is 0 Å². The molecule has 1 fully saturated rings. The van der Waals surface area contributed by atoms with Gasteiger partial charge in [-0.2, -0.15) is 0 Å². The van der Waals surface area contributed by atoms with Gasteiger partial charge in [-0.25, -0.2) is 9.97 Å². The van der Waals surface area contributed by atoms with Gasteiger partial charge in [0.1, 0.15) is 18.0 Å². The van der Waals surface area contributed by atoms with Crippen molar-refractivity contribution in [1.29, 1.82) is 0 Å². The van der Waals surface area contributed by atoms with Crippen LogP contribution in [-0.4, -0.2) is 22.6 Å². The number of hydrogen-bond donors (Lipinski definition) is 2. The highest BCUT2D eigenvalue weighted by atomic mass is 15.1. The molecule has 1 aromatic rings. The summed E-state index contributed by atoms with van der Waals surface area (Å²) in [4.78, 5) is 8.38. The van der Waals surface area contributed by atoms with Crippen molar-refractivity contribution in [3.63, 3.8) is 0 Å². The topological polar surface area (TPSA) is 49.8 Å². The smallest absolute Gasteiger partial charge is 0.131 e. The molecule has 0 saturated heterocycles. The second-order valence-corrected chi connectivity index (χ2v) is 4.78. The van der Waals surface area contributed by atoms with Crippen molar-refractivity contribution in [2.24, 2.45) is 0 Å². The van der Waals surface area contributed by atoms with E-state index in [0.29, 0.717) is 0 Å². The van der Waals surface area contributed by atoms with Gasteiger partial charge in [-0.05, 0) is 19.8 Å². The fourth-order valence-corrected chi connectivity index (χ4v) is 2.33. The third-order valence-corrected chi connectivity index (χ3v) is 3.31. The molecule has 1 heterocycles. The number of nitrogens with one attached hydrogen (secondary N) is 2. The number of hydrogen-bond acceptors (Lipinski definition) is 4. The third kappa shape index (κ3) is 2.62. The Morgan fingerprint density at radius 1 is 1.12 bits per heavy atom. The molecule has 0 spiro atoms. The summed E-state index contributed by atoms with van der Waals surface area (Å²) in [5.41, 5.74) is 0.206. The first-order valence-electron chi connectivity index (χ1n) is 6.00. The maximum absolute atomic E-state index is 4.26. The van der Waals surface area contributed by atoms with Crippen LogP contribution in [0.5, 0.6) is 0 Å². The molecule has 0 aliphatic heterocycles. The molecule has 1 aromatic heterocycles. The number of nitrogens with zero attached hydrogens (tertiary/aromatic N) is 2. The molecule has 1 aliphatic carbocycles. The summed E-state index contributed by atoms with van der Waals surface area (Å²) < 4.78 is 0. The van der Waals surface area contributed by atoms with Crippen LogP contribution in [0.25, 0.3) is 0 Å². The first-order valence-corrected chi connectivity index (χ1v) is 6.00. The maximum Gasteiger partial charge on any atom is 0.131 e. The zero-order valence-electron chi connectivity index (χ0n) is 10.1. The first-order chi connectivity index (χ1) is 7.72. The second kappa shape index (κ2) is 4.68. The quantitative estimate of drug-likeness (QED) is 0.822. The molecule has 0 radical (unpaired) electrons. The van der Waals surface area contributed by atoms with Crippen molar-refractivity contribution in [3.8, 4) is 0 Å². The van der Waals surface area contributed by atoms with Crippen LogP contribution in [0, 0.1) is 0 Å². The number of aromatic nitrogens is 2. The summed E-state index contributed by atoms with van der Waals surface area (Å²) in [7, 11) is 1.87. The second-order valence-electron chi connectivity index (χ2n) is 4.78. The molecule has 0 bridgehead atoms. The van der Waals surface area contributed by atoms with E-state index >= 15 is 0 Å². The molecular formula is C12H20N4. The van der Waals surface area contributed by atoms with Gasteiger partial charge in [-0.3, -0.25) is 0 Å². The monoisotopic (exact) mass is 220 g/mol. The average molecular weight is 220 g/mol. The zero-order valence-corrected chi connectivity index (χ0v) is 10.1. The fraction of sp³-hybridized carbons (Fsp3) is 0.667. The van der Waals surface area contributed by atoms with Gasteiger partial charge >= 0.3 is 0 Å². The maximum atomic E-state index is 4.26. The molecule has 16 heavy (non-hydrogen) atoms. The fourth-order valence-electron chi connectivity index (χ4n) is 2.33. The Kier molecular flexibility index (Phi) is 3.27. The van der Waals surface area contributed by atoms with E-state index in [0.717, 1.165) is 11.6 Å². The first kappa shape index (κ1) is 11.2. The Morgan fingerprint density at radius 3 is 2.50 bits per heavy atom. The summed E-state index contributed by atoms with van der Waals surface area (Å²) in [5.74, 6) is 1.78. The Labute approximate surface area is 96.9 Å². The van der Waals surface area contributed by atoms with Gasteiger partial charge in [0.15, 0.2) is 0 Å². The molecule has 0 aromatic carbocycles. The predicted molar refractivity (Wildman–Crippen MR) is 66.7 cm³/mol. The molecule has 4 nitrogen and oxygen atoms in total. The zero-order chi connectivity index (χ0) is 11.4. The molecule has 0 amide bonds. The van der Waals surface area contributed by atoms with Crippen molar-refractivity contribution in [1.82, 2.24) is 9.97 Å². The van der Waals surface area contributed by atoms with Crippen LogP contribution in [-0.2, 0) is 0 Å². The van der Waals surface area contributed by atoms with E-state index < -0.39 is 0 Å². The van der Waals surface area contributed by atoms with Gasteiger partial charge in [0.2, 0.25) is 0 Å². The van der Waals surface area contributed by atoms with Gasteiger partial charge in [0.05, 0.1) is 0 Å². The third-order valence-electron chi connectivity index (χ3n) is 3.31. The van der Waals surface area contributed by atoms with Gasteiger partial charge in [0, 0.05) is 18.7 Å². The SMILES string of the molecule is CNc1cc(NC2(C)CCCCC2)ncn1. The van der Waals surface area contributed by atoms with Crippen molar-refractivity contribution in [2.45, 2.75) is 44.6 Å². The highest BCUT2D eigenvalue weighted by molar-refractivity contribution is 5.47. The molecule has 88 valence electrons. The Hall–Kier alpha value is -1.32. The van der Waals surface area contributed by atoms with Crippen LogP contribution in [0.1, 0.15) is 39.0 Å². The minimum Gasteiger partial charge on any atom is -0.373 e. The van der Waals surface area contributed by atoms with E-state index in [4.69, 9.17) is 0 Å². The standard InChI is InChI=1S/C12H20N4/c1-12(6-4-3-5-7-12)16-11-8-10(13-2)14-9-15-11/h8-9H,3-7H2,1-2H3,(H2,13,14,15,16).